The van der Waals surface area contributed by atoms with Crippen molar-refractivity contribution in [3.05, 3.63) is 0 Å². The highest BCUT2D eigenvalue weighted by Gasteiger charge is 2.21. The number of nitrogens with one attached hydrogen (secondary N) is 2. The van der Waals surface area contributed by atoms with Gasteiger partial charge >= 0.3 is 0 Å². The van der Waals surface area contributed by atoms with Crippen molar-refractivity contribution < 1.29 is 0 Å². The summed E-state index contributed by atoms with van der Waals surface area (Å²) in [5.41, 5.74) is 0. The van der Waals surface area contributed by atoms with Crippen LogP contribution in [0.1, 0.15) is 52.9 Å². The molecule has 84 valence electrons. The molecular weight excluding hydrogens is 172 g/mol. The molecule has 2 heteroatoms. The molecule has 1 saturated heterocycles. The highest BCUT2D eigenvalue weighted by atomic mass is 15.0. The van der Waals surface area contributed by atoms with Gasteiger partial charge in [-0.2, -0.15) is 0 Å². The molecule has 0 spiro atoms. The molecule has 0 saturated carbocycles. The van der Waals surface area contributed by atoms with Crippen molar-refractivity contribution in [2.75, 3.05) is 6.54 Å². The van der Waals surface area contributed by atoms with E-state index >= 15 is 0 Å². The molecule has 0 aromatic carbocycles. The van der Waals surface area contributed by atoms with Crippen LogP contribution in [0.25, 0.3) is 0 Å². The van der Waals surface area contributed by atoms with Crippen molar-refractivity contribution in [1.29, 1.82) is 0 Å². The van der Waals surface area contributed by atoms with Crippen LogP contribution in [0, 0.1) is 0 Å². The minimum Gasteiger partial charge on any atom is -0.314 e. The van der Waals surface area contributed by atoms with Crippen molar-refractivity contribution in [2.24, 2.45) is 0 Å². The molecule has 1 aliphatic rings. The highest BCUT2D eigenvalue weighted by molar-refractivity contribution is 4.84. The molecule has 0 radical (unpaired) electrons. The van der Waals surface area contributed by atoms with E-state index in [1.165, 1.54) is 38.6 Å². The van der Waals surface area contributed by atoms with Gasteiger partial charge in [0.1, 0.15) is 0 Å². The van der Waals surface area contributed by atoms with E-state index in [4.69, 9.17) is 0 Å². The van der Waals surface area contributed by atoms with E-state index in [9.17, 15) is 0 Å². The fraction of sp³-hybridized carbons (Fsp3) is 1.00. The molecule has 0 bridgehead atoms. The minimum absolute atomic E-state index is 0.683. The van der Waals surface area contributed by atoms with E-state index in [2.05, 4.69) is 31.4 Å². The van der Waals surface area contributed by atoms with E-state index < -0.39 is 0 Å². The monoisotopic (exact) mass is 198 g/mol. The lowest BCUT2D eigenvalue weighted by Crippen LogP contribution is -2.49. The quantitative estimate of drug-likeness (QED) is 0.662. The third kappa shape index (κ3) is 4.43. The number of rotatable bonds is 5. The predicted molar refractivity (Wildman–Crippen MR) is 62.6 cm³/mol. The SMILES string of the molecule is CCCCCNC1CC(C)NC(C)C1. The molecular formula is C12H26N2. The largest absolute Gasteiger partial charge is 0.314 e. The Morgan fingerprint density at radius 3 is 2.36 bits per heavy atom. The Kier molecular flexibility index (Phi) is 5.49. The van der Waals surface area contributed by atoms with Gasteiger partial charge in [0.15, 0.2) is 0 Å². The van der Waals surface area contributed by atoms with Gasteiger partial charge in [0.05, 0.1) is 0 Å². The van der Waals surface area contributed by atoms with Crippen molar-refractivity contribution in [3.8, 4) is 0 Å². The van der Waals surface area contributed by atoms with Crippen molar-refractivity contribution in [1.82, 2.24) is 10.6 Å². The summed E-state index contributed by atoms with van der Waals surface area (Å²) < 4.78 is 0. The lowest BCUT2D eigenvalue weighted by Gasteiger charge is -2.33. The topological polar surface area (TPSA) is 24.1 Å². The van der Waals surface area contributed by atoms with E-state index in [0.29, 0.717) is 12.1 Å². The first kappa shape index (κ1) is 12.0. The number of piperidine rings is 1. The van der Waals surface area contributed by atoms with Gasteiger partial charge in [-0.05, 0) is 39.7 Å². The first-order valence-corrected chi connectivity index (χ1v) is 6.21. The van der Waals surface area contributed by atoms with E-state index in [-0.39, 0.29) is 0 Å². The van der Waals surface area contributed by atoms with Crippen LogP contribution in [0.4, 0.5) is 0 Å². The van der Waals surface area contributed by atoms with Crippen LogP contribution in [-0.4, -0.2) is 24.7 Å². The third-order valence-corrected chi connectivity index (χ3v) is 3.06. The summed E-state index contributed by atoms with van der Waals surface area (Å²) in [6, 6.07) is 2.11. The average Bonchev–Trinajstić information content (AvgIpc) is 2.11. The van der Waals surface area contributed by atoms with E-state index in [0.717, 1.165) is 6.04 Å². The van der Waals surface area contributed by atoms with Crippen LogP contribution < -0.4 is 10.6 Å². The second-order valence-electron chi connectivity index (χ2n) is 4.80. The molecule has 2 nitrogen and oxygen atoms in total. The van der Waals surface area contributed by atoms with E-state index in [1.54, 1.807) is 0 Å². The Morgan fingerprint density at radius 1 is 1.14 bits per heavy atom. The van der Waals surface area contributed by atoms with Gasteiger partial charge in [-0.1, -0.05) is 19.8 Å². The number of unbranched alkanes of at least 4 members (excludes halogenated alkanes) is 2. The standard InChI is InChI=1S/C12H26N2/c1-4-5-6-7-13-12-8-10(2)14-11(3)9-12/h10-14H,4-9H2,1-3H3. The van der Waals surface area contributed by atoms with Crippen LogP contribution in [0.5, 0.6) is 0 Å². The van der Waals surface area contributed by atoms with Crippen LogP contribution in [0.2, 0.25) is 0 Å². The molecule has 2 atom stereocenters. The van der Waals surface area contributed by atoms with Gasteiger partial charge in [0.25, 0.3) is 0 Å². The zero-order chi connectivity index (χ0) is 10.4. The van der Waals surface area contributed by atoms with Gasteiger partial charge < -0.3 is 10.6 Å². The second kappa shape index (κ2) is 6.41. The molecule has 0 aliphatic carbocycles. The summed E-state index contributed by atoms with van der Waals surface area (Å²) in [5.74, 6) is 0. The fourth-order valence-corrected chi connectivity index (χ4v) is 2.42. The highest BCUT2D eigenvalue weighted by Crippen LogP contribution is 2.13. The van der Waals surface area contributed by atoms with Crippen LogP contribution in [-0.2, 0) is 0 Å². The molecule has 0 amide bonds. The normalized spacial score (nSPS) is 33.2. The van der Waals surface area contributed by atoms with Crippen LogP contribution >= 0.6 is 0 Å². The summed E-state index contributed by atoms with van der Waals surface area (Å²) in [6.07, 6.45) is 6.60. The Labute approximate surface area is 88.8 Å². The third-order valence-electron chi connectivity index (χ3n) is 3.06. The first-order valence-electron chi connectivity index (χ1n) is 6.21. The molecule has 1 aliphatic heterocycles. The minimum atomic E-state index is 0.683. The Balaban J connectivity index is 2.10. The molecule has 1 fully saturated rings. The molecule has 2 unspecified atom stereocenters. The summed E-state index contributed by atoms with van der Waals surface area (Å²) in [6.45, 7) is 8.04. The number of hydrogen-bond acceptors (Lipinski definition) is 2. The first-order chi connectivity index (χ1) is 6.72. The van der Waals surface area contributed by atoms with Crippen molar-refractivity contribution in [3.63, 3.8) is 0 Å². The van der Waals surface area contributed by atoms with Gasteiger partial charge in [-0.3, -0.25) is 0 Å². The molecule has 0 aromatic rings. The predicted octanol–water partition coefficient (Wildman–Crippen LogP) is 2.30. The fourth-order valence-electron chi connectivity index (χ4n) is 2.42. The van der Waals surface area contributed by atoms with Crippen molar-refractivity contribution in [2.45, 2.75) is 71.0 Å². The zero-order valence-corrected chi connectivity index (χ0v) is 9.97. The summed E-state index contributed by atoms with van der Waals surface area (Å²) in [7, 11) is 0. The average molecular weight is 198 g/mol. The number of hydrogen-bond donors (Lipinski definition) is 2. The second-order valence-corrected chi connectivity index (χ2v) is 4.80. The van der Waals surface area contributed by atoms with E-state index in [1.807, 2.05) is 0 Å². The summed E-state index contributed by atoms with van der Waals surface area (Å²) >= 11 is 0. The van der Waals surface area contributed by atoms with Crippen LogP contribution in [0.3, 0.4) is 0 Å². The van der Waals surface area contributed by atoms with Gasteiger partial charge in [-0.15, -0.1) is 0 Å². The Morgan fingerprint density at radius 2 is 1.79 bits per heavy atom. The lowest BCUT2D eigenvalue weighted by molar-refractivity contribution is 0.281. The summed E-state index contributed by atoms with van der Waals surface area (Å²) in [5, 5.41) is 7.25. The van der Waals surface area contributed by atoms with Gasteiger partial charge in [0.2, 0.25) is 0 Å². The summed E-state index contributed by atoms with van der Waals surface area (Å²) in [4.78, 5) is 0. The maximum atomic E-state index is 3.68. The molecule has 0 aromatic heterocycles. The zero-order valence-electron chi connectivity index (χ0n) is 9.97. The Bertz CT molecular complexity index is 137. The molecule has 1 rings (SSSR count). The van der Waals surface area contributed by atoms with Gasteiger partial charge in [0, 0.05) is 18.1 Å². The Hall–Kier alpha value is -0.0800. The van der Waals surface area contributed by atoms with Crippen molar-refractivity contribution >= 4 is 0 Å². The molecule has 2 N–H and O–H groups in total. The smallest absolute Gasteiger partial charge is 0.00964 e. The lowest BCUT2D eigenvalue weighted by atomic mass is 9.95. The maximum absolute atomic E-state index is 3.68. The van der Waals surface area contributed by atoms with Crippen LogP contribution in [0.15, 0.2) is 0 Å². The molecule has 14 heavy (non-hydrogen) atoms. The van der Waals surface area contributed by atoms with Gasteiger partial charge in [-0.25, -0.2) is 0 Å². The molecule has 1 heterocycles. The maximum Gasteiger partial charge on any atom is 0.00964 e.